The maximum absolute atomic E-state index is 13.8. The number of nitro benzene ring substituents is 1. The van der Waals surface area contributed by atoms with Crippen LogP contribution in [0.25, 0.3) is 0 Å². The molecular formula is C16H14FN3O4. The summed E-state index contributed by atoms with van der Waals surface area (Å²) in [5.74, 6) is -0.513. The van der Waals surface area contributed by atoms with Gasteiger partial charge < -0.3 is 10.1 Å². The summed E-state index contributed by atoms with van der Waals surface area (Å²) in [6.45, 7) is 0.259. The van der Waals surface area contributed by atoms with Crippen molar-refractivity contribution in [1.29, 1.82) is 0 Å². The number of pyridine rings is 1. The maximum Gasteiger partial charge on any atom is 0.272 e. The normalized spacial score (nSPS) is 13.4. The van der Waals surface area contributed by atoms with Crippen LogP contribution in [0.2, 0.25) is 0 Å². The third-order valence-corrected chi connectivity index (χ3v) is 3.53. The number of rotatable bonds is 6. The van der Waals surface area contributed by atoms with Crippen molar-refractivity contribution in [2.45, 2.75) is 19.4 Å². The number of hydrogen-bond acceptors (Lipinski definition) is 5. The average Bonchev–Trinajstić information content (AvgIpc) is 3.40. The molecule has 2 aromatic rings. The molecule has 1 aromatic carbocycles. The Labute approximate surface area is 136 Å². The molecule has 124 valence electrons. The highest BCUT2D eigenvalue weighted by molar-refractivity contribution is 5.80. The van der Waals surface area contributed by atoms with Gasteiger partial charge in [0.15, 0.2) is 11.6 Å². The molecular weight excluding hydrogens is 317 g/mol. The monoisotopic (exact) mass is 331 g/mol. The van der Waals surface area contributed by atoms with Crippen molar-refractivity contribution in [3.63, 3.8) is 0 Å². The van der Waals surface area contributed by atoms with E-state index in [1.165, 1.54) is 18.3 Å². The molecule has 0 saturated heterocycles. The summed E-state index contributed by atoms with van der Waals surface area (Å²) in [5, 5.41) is 13.4. The van der Waals surface area contributed by atoms with Crippen molar-refractivity contribution in [3.05, 3.63) is 58.2 Å². The van der Waals surface area contributed by atoms with Crippen LogP contribution in [0.1, 0.15) is 18.5 Å². The number of carbonyl (C=O) groups excluding carboxylic acids is 1. The lowest BCUT2D eigenvalue weighted by Gasteiger charge is -2.08. The highest BCUT2D eigenvalue weighted by atomic mass is 19.1. The summed E-state index contributed by atoms with van der Waals surface area (Å²) >= 11 is 0. The Balaban J connectivity index is 1.67. The van der Waals surface area contributed by atoms with E-state index in [0.717, 1.165) is 25.0 Å². The third-order valence-electron chi connectivity index (χ3n) is 3.53. The summed E-state index contributed by atoms with van der Waals surface area (Å²) in [6.07, 6.45) is 3.32. The number of non-ortho nitro benzene ring substituents is 1. The van der Waals surface area contributed by atoms with Crippen LogP contribution in [0.3, 0.4) is 0 Å². The molecule has 1 aliphatic carbocycles. The molecule has 1 aliphatic rings. The highest BCUT2D eigenvalue weighted by Gasteiger charge is 2.29. The van der Waals surface area contributed by atoms with E-state index in [2.05, 4.69) is 10.3 Å². The molecule has 8 heteroatoms. The summed E-state index contributed by atoms with van der Waals surface area (Å²) < 4.78 is 19.2. The fraction of sp³-hybridized carbons (Fsp3) is 0.250. The van der Waals surface area contributed by atoms with E-state index in [0.29, 0.717) is 11.4 Å². The average molecular weight is 331 g/mol. The number of benzene rings is 1. The molecule has 1 saturated carbocycles. The number of carbonyl (C=O) groups is 1. The van der Waals surface area contributed by atoms with E-state index < -0.39 is 10.7 Å². The van der Waals surface area contributed by atoms with Gasteiger partial charge in [-0.05, 0) is 25.0 Å². The maximum atomic E-state index is 13.8. The Morgan fingerprint density at radius 3 is 2.83 bits per heavy atom. The number of amides is 1. The van der Waals surface area contributed by atoms with Crippen LogP contribution < -0.4 is 10.1 Å². The fourth-order valence-corrected chi connectivity index (χ4v) is 2.10. The van der Waals surface area contributed by atoms with Gasteiger partial charge in [-0.3, -0.25) is 19.9 Å². The van der Waals surface area contributed by atoms with Crippen LogP contribution in [-0.4, -0.2) is 15.8 Å². The quantitative estimate of drug-likeness (QED) is 0.649. The second-order valence-electron chi connectivity index (χ2n) is 5.45. The Morgan fingerprint density at radius 2 is 2.17 bits per heavy atom. The number of aromatic nitrogens is 1. The topological polar surface area (TPSA) is 94.4 Å². The van der Waals surface area contributed by atoms with Crippen molar-refractivity contribution in [1.82, 2.24) is 10.3 Å². The summed E-state index contributed by atoms with van der Waals surface area (Å²) in [6, 6.07) is 6.27. The first kappa shape index (κ1) is 15.9. The first-order chi connectivity index (χ1) is 11.5. The smallest absolute Gasteiger partial charge is 0.272 e. The van der Waals surface area contributed by atoms with Gasteiger partial charge >= 0.3 is 0 Å². The van der Waals surface area contributed by atoms with E-state index in [4.69, 9.17) is 4.74 Å². The van der Waals surface area contributed by atoms with Crippen LogP contribution in [-0.2, 0) is 11.3 Å². The van der Waals surface area contributed by atoms with Crippen LogP contribution in [0.15, 0.2) is 36.5 Å². The predicted octanol–water partition coefficient (Wildman–Crippen LogP) is 2.95. The lowest BCUT2D eigenvalue weighted by Crippen LogP contribution is -2.24. The van der Waals surface area contributed by atoms with Crippen molar-refractivity contribution in [2.75, 3.05) is 0 Å². The van der Waals surface area contributed by atoms with E-state index in [1.807, 2.05) is 0 Å². The molecule has 0 radical (unpaired) electrons. The van der Waals surface area contributed by atoms with Crippen LogP contribution >= 0.6 is 0 Å². The molecule has 1 aromatic heterocycles. The summed E-state index contributed by atoms with van der Waals surface area (Å²) in [5.41, 5.74) is 0.224. The van der Waals surface area contributed by atoms with Gasteiger partial charge in [0.25, 0.3) is 5.69 Å². The molecule has 24 heavy (non-hydrogen) atoms. The minimum atomic E-state index is -0.829. The zero-order valence-electron chi connectivity index (χ0n) is 12.6. The van der Waals surface area contributed by atoms with E-state index in [1.54, 1.807) is 6.07 Å². The predicted molar refractivity (Wildman–Crippen MR) is 81.9 cm³/mol. The molecule has 1 heterocycles. The van der Waals surface area contributed by atoms with Crippen molar-refractivity contribution in [3.8, 4) is 11.5 Å². The molecule has 0 spiro atoms. The largest absolute Gasteiger partial charge is 0.454 e. The van der Waals surface area contributed by atoms with Gasteiger partial charge in [-0.2, -0.15) is 0 Å². The van der Waals surface area contributed by atoms with Crippen LogP contribution in [0.5, 0.6) is 11.5 Å². The van der Waals surface area contributed by atoms with Crippen molar-refractivity contribution >= 4 is 11.6 Å². The lowest BCUT2D eigenvalue weighted by molar-refractivity contribution is -0.385. The molecule has 0 aliphatic heterocycles. The SMILES string of the molecule is O=C(NCc1cc(Oc2ccc([N+](=O)[O-])cc2F)ccn1)C1CC1. The van der Waals surface area contributed by atoms with E-state index >= 15 is 0 Å². The fourth-order valence-electron chi connectivity index (χ4n) is 2.10. The number of halogens is 1. The second-order valence-corrected chi connectivity index (χ2v) is 5.45. The second kappa shape index (κ2) is 6.61. The first-order valence-electron chi connectivity index (χ1n) is 7.37. The molecule has 0 unspecified atom stereocenters. The van der Waals surface area contributed by atoms with Gasteiger partial charge in [-0.25, -0.2) is 4.39 Å². The Bertz CT molecular complexity index is 793. The van der Waals surface area contributed by atoms with Gasteiger partial charge in [0, 0.05) is 24.2 Å². The number of ether oxygens (including phenoxy) is 1. The molecule has 0 bridgehead atoms. The summed E-state index contributed by atoms with van der Waals surface area (Å²) in [7, 11) is 0. The van der Waals surface area contributed by atoms with Crippen LogP contribution in [0, 0.1) is 21.8 Å². The lowest BCUT2D eigenvalue weighted by atomic mass is 10.3. The minimum Gasteiger partial charge on any atom is -0.454 e. The molecule has 7 nitrogen and oxygen atoms in total. The van der Waals surface area contributed by atoms with Gasteiger partial charge in [-0.1, -0.05) is 0 Å². The van der Waals surface area contributed by atoms with Gasteiger partial charge in [-0.15, -0.1) is 0 Å². The highest BCUT2D eigenvalue weighted by Crippen LogP contribution is 2.29. The molecule has 1 amide bonds. The van der Waals surface area contributed by atoms with Crippen LogP contribution in [0.4, 0.5) is 10.1 Å². The molecule has 0 atom stereocenters. The molecule has 3 rings (SSSR count). The Morgan fingerprint density at radius 1 is 1.38 bits per heavy atom. The van der Waals surface area contributed by atoms with E-state index in [9.17, 15) is 19.3 Å². The van der Waals surface area contributed by atoms with Gasteiger partial charge in [0.2, 0.25) is 5.91 Å². The molecule has 1 fully saturated rings. The van der Waals surface area contributed by atoms with Gasteiger partial charge in [0.1, 0.15) is 5.75 Å². The zero-order chi connectivity index (χ0) is 17.1. The first-order valence-corrected chi connectivity index (χ1v) is 7.37. The number of hydrogen-bond donors (Lipinski definition) is 1. The number of nitrogens with one attached hydrogen (secondary N) is 1. The van der Waals surface area contributed by atoms with Gasteiger partial charge in [0.05, 0.1) is 23.2 Å². The summed E-state index contributed by atoms with van der Waals surface area (Å²) in [4.78, 5) is 25.6. The Hall–Kier alpha value is -3.03. The Kier molecular flexibility index (Phi) is 4.37. The third kappa shape index (κ3) is 3.83. The molecule has 1 N–H and O–H groups in total. The zero-order valence-corrected chi connectivity index (χ0v) is 12.6. The van der Waals surface area contributed by atoms with E-state index in [-0.39, 0.29) is 29.8 Å². The standard InChI is InChI=1S/C16H14FN3O4/c17-14-8-12(20(22)23)3-4-15(14)24-13-5-6-18-11(7-13)9-19-16(21)10-1-2-10/h3-8,10H,1-2,9H2,(H,19,21). The van der Waals surface area contributed by atoms with Crippen molar-refractivity contribution < 1.29 is 18.8 Å². The minimum absolute atomic E-state index is 0.00420. The number of nitrogens with zero attached hydrogens (tertiary/aromatic N) is 2. The van der Waals surface area contributed by atoms with Crippen molar-refractivity contribution in [2.24, 2.45) is 5.92 Å². The number of nitro groups is 1.